The summed E-state index contributed by atoms with van der Waals surface area (Å²) in [6.45, 7) is 0.713. The second-order valence-corrected chi connectivity index (χ2v) is 3.95. The highest BCUT2D eigenvalue weighted by Crippen LogP contribution is 2.33. The fourth-order valence-corrected chi connectivity index (χ4v) is 1.80. The summed E-state index contributed by atoms with van der Waals surface area (Å²) >= 11 is 6.15. The Hall–Kier alpha value is -0.930. The molecule has 0 bridgehead atoms. The third kappa shape index (κ3) is 3.29. The van der Waals surface area contributed by atoms with Crippen molar-refractivity contribution in [3.05, 3.63) is 22.7 Å². The van der Waals surface area contributed by atoms with Crippen LogP contribution in [-0.4, -0.2) is 20.8 Å². The third-order valence-corrected chi connectivity index (χ3v) is 2.80. The summed E-state index contributed by atoms with van der Waals surface area (Å²) in [4.78, 5) is 0. The molecule has 0 aliphatic rings. The van der Waals surface area contributed by atoms with Gasteiger partial charge >= 0.3 is 0 Å². The van der Waals surface area contributed by atoms with Crippen molar-refractivity contribution in [1.29, 1.82) is 0 Å². The lowest BCUT2D eigenvalue weighted by Gasteiger charge is -2.11. The van der Waals surface area contributed by atoms with Crippen LogP contribution < -0.4 is 15.2 Å². The summed E-state index contributed by atoms with van der Waals surface area (Å²) in [5.74, 6) is 1.38. The Bertz CT molecular complexity index is 342. The van der Waals surface area contributed by atoms with Crippen LogP contribution in [0.2, 0.25) is 5.02 Å². The number of halogens is 1. The van der Waals surface area contributed by atoms with Gasteiger partial charge in [0.15, 0.2) is 11.5 Å². The zero-order valence-corrected chi connectivity index (χ0v) is 10.5. The van der Waals surface area contributed by atoms with Gasteiger partial charge in [0.1, 0.15) is 0 Å². The van der Waals surface area contributed by atoms with E-state index in [2.05, 4.69) is 0 Å². The zero-order valence-electron chi connectivity index (χ0n) is 9.75. The van der Waals surface area contributed by atoms with Gasteiger partial charge in [0.05, 0.1) is 14.2 Å². The number of aryl methyl sites for hydroxylation is 1. The summed E-state index contributed by atoms with van der Waals surface area (Å²) in [5.41, 5.74) is 6.53. The van der Waals surface area contributed by atoms with Crippen molar-refractivity contribution in [3.63, 3.8) is 0 Å². The van der Waals surface area contributed by atoms with E-state index in [0.717, 1.165) is 35.6 Å². The first-order valence-corrected chi connectivity index (χ1v) is 5.71. The maximum atomic E-state index is 6.15. The lowest BCUT2D eigenvalue weighted by atomic mass is 10.1. The SMILES string of the molecule is COc1cc(Cl)c(CCCCN)cc1OC. The molecule has 16 heavy (non-hydrogen) atoms. The van der Waals surface area contributed by atoms with Gasteiger partial charge in [0, 0.05) is 11.1 Å². The lowest BCUT2D eigenvalue weighted by Crippen LogP contribution is -2.00. The first-order chi connectivity index (χ1) is 7.72. The van der Waals surface area contributed by atoms with Crippen molar-refractivity contribution < 1.29 is 9.47 Å². The van der Waals surface area contributed by atoms with Gasteiger partial charge in [-0.05, 0) is 37.4 Å². The second-order valence-electron chi connectivity index (χ2n) is 3.54. The van der Waals surface area contributed by atoms with Crippen molar-refractivity contribution in [1.82, 2.24) is 0 Å². The molecule has 1 aromatic rings. The largest absolute Gasteiger partial charge is 0.493 e. The molecule has 4 heteroatoms. The van der Waals surface area contributed by atoms with E-state index in [1.54, 1.807) is 20.3 Å². The number of hydrogen-bond acceptors (Lipinski definition) is 3. The van der Waals surface area contributed by atoms with E-state index in [0.29, 0.717) is 12.3 Å². The molecular formula is C12H18ClNO2. The number of benzene rings is 1. The zero-order chi connectivity index (χ0) is 12.0. The predicted molar refractivity (Wildman–Crippen MR) is 66.5 cm³/mol. The molecule has 0 aromatic heterocycles. The minimum absolute atomic E-state index is 0.662. The Morgan fingerprint density at radius 3 is 2.31 bits per heavy atom. The maximum absolute atomic E-state index is 6.15. The maximum Gasteiger partial charge on any atom is 0.162 e. The molecule has 3 nitrogen and oxygen atoms in total. The van der Waals surface area contributed by atoms with Crippen molar-refractivity contribution >= 4 is 11.6 Å². The molecule has 0 atom stereocenters. The Morgan fingerprint density at radius 2 is 1.75 bits per heavy atom. The second kappa shape index (κ2) is 6.61. The predicted octanol–water partition coefficient (Wildman–Crippen LogP) is 2.64. The highest BCUT2D eigenvalue weighted by atomic mass is 35.5. The highest BCUT2D eigenvalue weighted by molar-refractivity contribution is 6.31. The number of hydrogen-bond donors (Lipinski definition) is 1. The molecule has 1 rings (SSSR count). The van der Waals surface area contributed by atoms with Crippen LogP contribution in [0.4, 0.5) is 0 Å². The minimum Gasteiger partial charge on any atom is -0.493 e. The van der Waals surface area contributed by atoms with E-state index >= 15 is 0 Å². The number of ether oxygens (including phenoxy) is 2. The van der Waals surface area contributed by atoms with E-state index < -0.39 is 0 Å². The molecule has 0 saturated heterocycles. The van der Waals surface area contributed by atoms with Gasteiger partial charge in [-0.15, -0.1) is 0 Å². The van der Waals surface area contributed by atoms with Crippen molar-refractivity contribution in [2.24, 2.45) is 5.73 Å². The highest BCUT2D eigenvalue weighted by Gasteiger charge is 2.09. The van der Waals surface area contributed by atoms with Gasteiger partial charge < -0.3 is 15.2 Å². The number of nitrogens with two attached hydrogens (primary N) is 1. The monoisotopic (exact) mass is 243 g/mol. The molecule has 0 heterocycles. The molecule has 0 spiro atoms. The van der Waals surface area contributed by atoms with Gasteiger partial charge in [0.2, 0.25) is 0 Å². The molecule has 0 aliphatic heterocycles. The smallest absolute Gasteiger partial charge is 0.162 e. The van der Waals surface area contributed by atoms with Crippen LogP contribution in [-0.2, 0) is 6.42 Å². The Balaban J connectivity index is 2.84. The van der Waals surface area contributed by atoms with Crippen LogP contribution in [0.1, 0.15) is 18.4 Å². The summed E-state index contributed by atoms with van der Waals surface area (Å²) < 4.78 is 10.4. The van der Waals surface area contributed by atoms with E-state index in [-0.39, 0.29) is 0 Å². The molecule has 90 valence electrons. The van der Waals surface area contributed by atoms with Gasteiger partial charge in [-0.25, -0.2) is 0 Å². The summed E-state index contributed by atoms with van der Waals surface area (Å²) in [5, 5.41) is 0.717. The number of methoxy groups -OCH3 is 2. The summed E-state index contributed by atoms with van der Waals surface area (Å²) in [6, 6.07) is 3.72. The fraction of sp³-hybridized carbons (Fsp3) is 0.500. The van der Waals surface area contributed by atoms with Gasteiger partial charge in [-0.2, -0.15) is 0 Å². The molecule has 0 saturated carbocycles. The Labute approximate surface area is 101 Å². The van der Waals surface area contributed by atoms with Crippen LogP contribution in [0.5, 0.6) is 11.5 Å². The van der Waals surface area contributed by atoms with Crippen LogP contribution in [0, 0.1) is 0 Å². The third-order valence-electron chi connectivity index (χ3n) is 2.45. The van der Waals surface area contributed by atoms with Crippen LogP contribution in [0.15, 0.2) is 12.1 Å². The van der Waals surface area contributed by atoms with Gasteiger partial charge in [0.25, 0.3) is 0 Å². The topological polar surface area (TPSA) is 44.5 Å². The van der Waals surface area contributed by atoms with Crippen LogP contribution >= 0.6 is 11.6 Å². The minimum atomic E-state index is 0.662. The average Bonchev–Trinajstić information content (AvgIpc) is 2.31. The number of unbranched alkanes of at least 4 members (excludes halogenated alkanes) is 1. The van der Waals surface area contributed by atoms with Gasteiger partial charge in [-0.1, -0.05) is 11.6 Å². The van der Waals surface area contributed by atoms with E-state index in [1.807, 2.05) is 6.07 Å². The average molecular weight is 244 g/mol. The summed E-state index contributed by atoms with van der Waals surface area (Å²) in [6.07, 6.45) is 2.95. The molecule has 2 N–H and O–H groups in total. The fourth-order valence-electron chi connectivity index (χ4n) is 1.55. The van der Waals surface area contributed by atoms with Crippen molar-refractivity contribution in [3.8, 4) is 11.5 Å². The van der Waals surface area contributed by atoms with E-state index in [1.165, 1.54) is 0 Å². The van der Waals surface area contributed by atoms with Crippen LogP contribution in [0.3, 0.4) is 0 Å². The van der Waals surface area contributed by atoms with Crippen LogP contribution in [0.25, 0.3) is 0 Å². The summed E-state index contributed by atoms with van der Waals surface area (Å²) in [7, 11) is 3.22. The molecular weight excluding hydrogens is 226 g/mol. The first-order valence-electron chi connectivity index (χ1n) is 5.33. The van der Waals surface area contributed by atoms with E-state index in [4.69, 9.17) is 26.8 Å². The molecule has 0 aliphatic carbocycles. The molecule has 1 aromatic carbocycles. The Kier molecular flexibility index (Phi) is 5.43. The Morgan fingerprint density at radius 1 is 1.12 bits per heavy atom. The van der Waals surface area contributed by atoms with Crippen molar-refractivity contribution in [2.75, 3.05) is 20.8 Å². The first kappa shape index (κ1) is 13.1. The molecule has 0 amide bonds. The molecule has 0 radical (unpaired) electrons. The standard InChI is InChI=1S/C12H18ClNO2/c1-15-11-7-9(5-3-4-6-14)10(13)8-12(11)16-2/h7-8H,3-6,14H2,1-2H3. The lowest BCUT2D eigenvalue weighted by molar-refractivity contribution is 0.354. The number of rotatable bonds is 6. The molecule has 0 fully saturated rings. The quantitative estimate of drug-likeness (QED) is 0.782. The van der Waals surface area contributed by atoms with Crippen molar-refractivity contribution in [2.45, 2.75) is 19.3 Å². The van der Waals surface area contributed by atoms with Gasteiger partial charge in [-0.3, -0.25) is 0 Å². The normalized spacial score (nSPS) is 10.2. The van der Waals surface area contributed by atoms with E-state index in [9.17, 15) is 0 Å². The molecule has 0 unspecified atom stereocenters.